The summed E-state index contributed by atoms with van der Waals surface area (Å²) in [6.07, 6.45) is 15.5. The SMILES string of the molecule is CC(C)(C)OC(=O)N1CCN(Cc2ccc(B3OC(C)(C)C(C)(C)O3)cc2)CC1.COC[C@H](C)Nc1ncc2c(-c3ccc(CN4CCN(C(=O)OC(C)(C)C)CC4)cc3)cc(C3CCC(O)CC3)n2n1.COC[C@H](C)Nc1ncc2c(-c3ccc(CN4CCNCC4)cc3)cc(C3CCC(O)CC3)n2n1.COC[C@H](C)Nc1ncc2c(Br)cc(C3CCC(O)CC3)n2n1.Cl. The van der Waals surface area contributed by atoms with Crippen molar-refractivity contribution < 1.29 is 57.9 Å². The highest BCUT2D eigenvalue weighted by Gasteiger charge is 2.52. The summed E-state index contributed by atoms with van der Waals surface area (Å²) in [6.45, 7) is 40.7. The first-order chi connectivity index (χ1) is 61.6. The average molecular weight is 1880 g/mol. The predicted octanol–water partition coefficient (Wildman–Crippen LogP) is 14.6. The number of aliphatic hydroxyl groups excluding tert-OH is 3. The summed E-state index contributed by atoms with van der Waals surface area (Å²) < 4.78 is 46.0. The third-order valence-electron chi connectivity index (χ3n) is 25.8. The number of nitrogens with one attached hydrogen (secondary N) is 4. The molecule has 3 aromatic carbocycles. The van der Waals surface area contributed by atoms with E-state index in [1.54, 1.807) is 31.1 Å². The molecule has 6 aromatic heterocycles. The smallest absolute Gasteiger partial charge is 0.444 e. The van der Waals surface area contributed by atoms with Crippen molar-refractivity contribution in [2.45, 2.75) is 263 Å². The highest BCUT2D eigenvalue weighted by atomic mass is 79.9. The van der Waals surface area contributed by atoms with Gasteiger partial charge in [0.15, 0.2) is 0 Å². The Morgan fingerprint density at radius 3 is 1.11 bits per heavy atom. The van der Waals surface area contributed by atoms with Gasteiger partial charge in [0.25, 0.3) is 0 Å². The van der Waals surface area contributed by atoms with E-state index in [2.05, 4.69) is 202 Å². The van der Waals surface area contributed by atoms with Crippen LogP contribution in [0, 0.1) is 0 Å². The summed E-state index contributed by atoms with van der Waals surface area (Å²) in [5.74, 6) is 2.93. The largest absolute Gasteiger partial charge is 0.494 e. The number of amides is 2. The van der Waals surface area contributed by atoms with Gasteiger partial charge in [-0.15, -0.1) is 27.7 Å². The van der Waals surface area contributed by atoms with Crippen LogP contribution in [-0.2, 0) is 52.6 Å². The van der Waals surface area contributed by atoms with Gasteiger partial charge in [0.05, 0.1) is 84.5 Å². The van der Waals surface area contributed by atoms with Crippen LogP contribution in [0.4, 0.5) is 27.4 Å². The topological polar surface area (TPSA) is 314 Å². The fraction of sp³-hybridized carbons (Fsp3) is 0.608. The maximum absolute atomic E-state index is 12.4. The molecule has 0 bridgehead atoms. The molecule has 0 spiro atoms. The van der Waals surface area contributed by atoms with Crippen LogP contribution in [0.2, 0.25) is 0 Å². The van der Waals surface area contributed by atoms with Gasteiger partial charge in [-0.05, 0) is 234 Å². The number of nitrogens with zero attached hydrogens (tertiary/aromatic N) is 14. The van der Waals surface area contributed by atoms with Gasteiger partial charge in [-0.2, -0.15) is 0 Å². The van der Waals surface area contributed by atoms with Crippen molar-refractivity contribution in [2.75, 3.05) is 136 Å². The Morgan fingerprint density at radius 2 is 0.777 bits per heavy atom. The lowest BCUT2D eigenvalue weighted by Gasteiger charge is -2.35. The highest BCUT2D eigenvalue weighted by Crippen LogP contribution is 2.42. The lowest BCUT2D eigenvalue weighted by atomic mass is 9.79. The van der Waals surface area contributed by atoms with E-state index in [0.29, 0.717) is 81.6 Å². The maximum atomic E-state index is 12.4. The van der Waals surface area contributed by atoms with Crippen molar-refractivity contribution >= 4 is 87.5 Å². The van der Waals surface area contributed by atoms with E-state index in [4.69, 9.17) is 43.2 Å². The Kier molecular flexibility index (Phi) is 35.4. The minimum Gasteiger partial charge on any atom is -0.444 e. The van der Waals surface area contributed by atoms with Gasteiger partial charge in [-0.3, -0.25) is 14.7 Å². The lowest BCUT2D eigenvalue weighted by Crippen LogP contribution is -2.49. The second-order valence-electron chi connectivity index (χ2n) is 39.3. The molecule has 7 N–H and O–H groups in total. The molecule has 33 heteroatoms. The Balaban J connectivity index is 0.000000160. The molecule has 3 atom stereocenters. The summed E-state index contributed by atoms with van der Waals surface area (Å²) in [5.41, 5.74) is 14.4. The number of ether oxygens (including phenoxy) is 5. The number of aromatic nitrogens is 9. The first kappa shape index (κ1) is 101. The van der Waals surface area contributed by atoms with Gasteiger partial charge < -0.3 is 79.4 Å². The van der Waals surface area contributed by atoms with E-state index in [1.165, 1.54) is 39.3 Å². The molecule has 7 fully saturated rings. The predicted molar refractivity (Wildman–Crippen MR) is 518 cm³/mol. The molecule has 2 amide bonds. The van der Waals surface area contributed by atoms with Gasteiger partial charge in [0.1, 0.15) is 11.2 Å². The summed E-state index contributed by atoms with van der Waals surface area (Å²) in [7, 11) is 4.74. The third-order valence-corrected chi connectivity index (χ3v) is 26.5. The first-order valence-corrected chi connectivity index (χ1v) is 47.5. The Labute approximate surface area is 783 Å². The van der Waals surface area contributed by atoms with Crippen molar-refractivity contribution in [3.8, 4) is 22.3 Å². The van der Waals surface area contributed by atoms with Crippen LogP contribution < -0.4 is 26.7 Å². The quantitative estimate of drug-likeness (QED) is 0.0276. The van der Waals surface area contributed by atoms with Crippen LogP contribution in [0.3, 0.4) is 0 Å². The van der Waals surface area contributed by atoms with Crippen molar-refractivity contribution in [1.82, 2.24) is 73.6 Å². The summed E-state index contributed by atoms with van der Waals surface area (Å²) >= 11 is 3.61. The number of methoxy groups -OCH3 is 3. The van der Waals surface area contributed by atoms with Gasteiger partial charge in [-0.1, -0.05) is 72.8 Å². The molecular formula is C97H143BBrClN18O12. The number of hydrogen-bond donors (Lipinski definition) is 7. The molecule has 0 unspecified atom stereocenters. The standard InChI is InChI=1S/C32H46N6O4.C27H38N6O2.C22H35BN2O4.C16H23BrN4O2.ClH/c1-22(21-41-5)34-30-33-19-29-27(18-28(38(29)35-30)25-10-12-26(39)13-11-25)24-8-6-23(7-9-24)20-36-14-16-37(17-15-36)31(40)42-32(2,3)4;1-19(18-35-2)30-27-29-16-26-24(15-25(33(26)31-27)22-7-9-23(34)10-8-22)21-5-3-20(4-6-21)17-32-13-11-28-12-14-32;1-20(2,3)27-19(26)25-14-12-24(13-15-25)16-17-8-10-18(11-9-17)23-28-21(4,5)22(6,7)29-23;1-10(9-23-2)19-16-18-8-15-13(17)7-14(21(15)20-16)11-3-5-12(22)6-4-11;/h6-9,18-19,22,25-26,39H,10-17,20-21H2,1-5H3,(H,34,35);3-6,15-16,19,22-23,28,34H,7-14,17-18H2,1-2H3,(H,30,31);8-11H,12-16H2,1-7H3;7-8,10-12,22H,3-6,9H2,1-2H3,(H,19,20);1H/t22-,25?,26?;19-,22?,23?;;10-,11?,12?;/m00.0./s1. The first-order valence-electron chi connectivity index (χ1n) is 46.7. The number of carbonyl (C=O) groups is 2. The number of anilines is 3. The molecule has 3 aliphatic carbocycles. The number of carbonyl (C=O) groups excluding carboxylic acids is 2. The molecule has 30 nitrogen and oxygen atoms in total. The van der Waals surface area contributed by atoms with E-state index in [9.17, 15) is 24.9 Å². The van der Waals surface area contributed by atoms with Crippen molar-refractivity contribution in [2.24, 2.45) is 0 Å². The Morgan fingerprint density at radius 1 is 0.469 bits per heavy atom. The molecule has 9 aromatic rings. The number of fused-ring (bicyclic) bond motifs is 3. The highest BCUT2D eigenvalue weighted by molar-refractivity contribution is 9.10. The second kappa shape index (κ2) is 45.7. The zero-order valence-corrected chi connectivity index (χ0v) is 81.8. The monoisotopic (exact) mass is 1880 g/mol. The summed E-state index contributed by atoms with van der Waals surface area (Å²) in [4.78, 5) is 49.1. The average Bonchev–Trinajstić information content (AvgIpc) is 1.63. The Bertz CT molecular complexity index is 5050. The van der Waals surface area contributed by atoms with E-state index in [0.717, 1.165) is 192 Å². The normalized spacial score (nSPS) is 21.8. The molecular weight excluding hydrogens is 1740 g/mol. The molecule has 4 saturated heterocycles. The number of halogens is 2. The number of aliphatic hydroxyl groups is 3. The van der Waals surface area contributed by atoms with Gasteiger partial charge in [0.2, 0.25) is 17.8 Å². The molecule has 10 heterocycles. The van der Waals surface area contributed by atoms with Crippen molar-refractivity contribution in [3.63, 3.8) is 0 Å². The lowest BCUT2D eigenvalue weighted by molar-refractivity contribution is 0.00578. The van der Waals surface area contributed by atoms with Crippen LogP contribution >= 0.6 is 28.3 Å². The maximum Gasteiger partial charge on any atom is 0.494 e. The number of rotatable bonds is 24. The molecule has 0 radical (unpaired) electrons. The molecule has 3 saturated carbocycles. The summed E-state index contributed by atoms with van der Waals surface area (Å²) in [5, 5.41) is 57.7. The number of benzene rings is 3. The molecule has 16 rings (SSSR count). The van der Waals surface area contributed by atoms with Crippen molar-refractivity contribution in [3.05, 3.63) is 148 Å². The van der Waals surface area contributed by atoms with Crippen molar-refractivity contribution in [1.29, 1.82) is 0 Å². The molecule has 4 aliphatic heterocycles. The van der Waals surface area contributed by atoms with Gasteiger partial charge in [-0.25, -0.2) is 38.1 Å². The van der Waals surface area contributed by atoms with E-state index in [1.807, 2.05) is 83.0 Å². The van der Waals surface area contributed by atoms with Crippen LogP contribution in [0.15, 0.2) is 114 Å². The van der Waals surface area contributed by atoms with Gasteiger partial charge >= 0.3 is 19.3 Å². The molecule has 710 valence electrons. The van der Waals surface area contributed by atoms with Gasteiger partial charge in [0, 0.05) is 188 Å². The fourth-order valence-corrected chi connectivity index (χ4v) is 18.5. The number of piperazine rings is 3. The fourth-order valence-electron chi connectivity index (χ4n) is 18.0. The van der Waals surface area contributed by atoms with Crippen LogP contribution in [0.25, 0.3) is 38.8 Å². The van der Waals surface area contributed by atoms with E-state index < -0.39 is 11.2 Å². The minimum absolute atomic E-state index is 0. The zero-order chi connectivity index (χ0) is 91.9. The second-order valence-corrected chi connectivity index (χ2v) is 40.1. The molecule has 7 aliphatic rings. The van der Waals surface area contributed by atoms with Crippen LogP contribution in [0.1, 0.15) is 219 Å². The zero-order valence-electron chi connectivity index (χ0n) is 79.4. The molecule has 130 heavy (non-hydrogen) atoms. The van der Waals surface area contributed by atoms with E-state index >= 15 is 0 Å². The Hall–Kier alpha value is -8.19. The van der Waals surface area contributed by atoms with E-state index in [-0.39, 0.29) is 79.4 Å². The minimum atomic E-state index is -0.477. The summed E-state index contributed by atoms with van der Waals surface area (Å²) in [6, 6.07) is 33.2. The third kappa shape index (κ3) is 27.3. The van der Waals surface area contributed by atoms with Crippen LogP contribution in [-0.4, -0.2) is 281 Å². The number of hydrogen-bond acceptors (Lipinski definition) is 25. The van der Waals surface area contributed by atoms with Crippen LogP contribution in [0.5, 0.6) is 0 Å².